The number of likely N-dealkylation sites (tertiary alicyclic amines) is 1. The second kappa shape index (κ2) is 10.7. The van der Waals surface area contributed by atoms with Crippen LogP contribution in [0.5, 0.6) is 5.75 Å². The largest absolute Gasteiger partial charge is 0.489 e. The molecule has 8 nitrogen and oxygen atoms in total. The topological polar surface area (TPSA) is 96.4 Å². The fourth-order valence-corrected chi connectivity index (χ4v) is 4.19. The Kier molecular flexibility index (Phi) is 6.99. The number of nitrogens with zero attached hydrogens (tertiary/aromatic N) is 3. The van der Waals surface area contributed by atoms with Gasteiger partial charge in [-0.1, -0.05) is 30.3 Å². The Morgan fingerprint density at radius 1 is 0.971 bits per heavy atom. The lowest BCUT2D eigenvalue weighted by atomic mass is 10.1. The van der Waals surface area contributed by atoms with Crippen molar-refractivity contribution in [3.63, 3.8) is 0 Å². The van der Waals surface area contributed by atoms with Crippen LogP contribution in [0.4, 0.5) is 11.5 Å². The highest BCUT2D eigenvalue weighted by atomic mass is 16.5. The summed E-state index contributed by atoms with van der Waals surface area (Å²) in [5.41, 5.74) is 2.28. The van der Waals surface area contributed by atoms with E-state index >= 15 is 0 Å². The maximum Gasteiger partial charge on any atom is 0.255 e. The SMILES string of the molecule is O=C(Nc1cncc(OC2CCN(Cc3ccccc3)CC2)c1)c1ccnc(NC(=O)C2CC2)c1. The number of aromatic nitrogens is 2. The molecule has 1 saturated carbocycles. The Bertz CT molecular complexity index is 1170. The van der Waals surface area contributed by atoms with Gasteiger partial charge in [0.25, 0.3) is 5.91 Å². The lowest BCUT2D eigenvalue weighted by molar-refractivity contribution is -0.117. The second-order valence-corrected chi connectivity index (χ2v) is 9.14. The Labute approximate surface area is 204 Å². The van der Waals surface area contributed by atoms with E-state index in [1.165, 1.54) is 11.8 Å². The molecule has 1 aromatic carbocycles. The van der Waals surface area contributed by atoms with E-state index in [1.54, 1.807) is 30.6 Å². The highest BCUT2D eigenvalue weighted by Gasteiger charge is 2.30. The monoisotopic (exact) mass is 471 g/mol. The first kappa shape index (κ1) is 23.0. The summed E-state index contributed by atoms with van der Waals surface area (Å²) in [7, 11) is 0. The molecule has 1 aliphatic heterocycles. The third-order valence-electron chi connectivity index (χ3n) is 6.28. The normalized spacial score (nSPS) is 16.5. The van der Waals surface area contributed by atoms with E-state index in [1.807, 2.05) is 6.07 Å². The molecular weight excluding hydrogens is 442 g/mol. The van der Waals surface area contributed by atoms with Gasteiger partial charge in [0.05, 0.1) is 18.1 Å². The first-order chi connectivity index (χ1) is 17.1. The van der Waals surface area contributed by atoms with Crippen molar-refractivity contribution in [3.8, 4) is 5.75 Å². The second-order valence-electron chi connectivity index (χ2n) is 9.14. The Balaban J connectivity index is 1.13. The molecule has 0 unspecified atom stereocenters. The first-order valence-electron chi connectivity index (χ1n) is 12.1. The number of pyridine rings is 2. The van der Waals surface area contributed by atoms with E-state index in [0.717, 1.165) is 45.3 Å². The van der Waals surface area contributed by atoms with Crippen LogP contribution in [0, 0.1) is 5.92 Å². The summed E-state index contributed by atoms with van der Waals surface area (Å²) in [5.74, 6) is 0.733. The number of hydrogen-bond donors (Lipinski definition) is 2. The van der Waals surface area contributed by atoms with Crippen LogP contribution in [0.15, 0.2) is 67.1 Å². The van der Waals surface area contributed by atoms with Crippen molar-refractivity contribution in [1.82, 2.24) is 14.9 Å². The van der Waals surface area contributed by atoms with Crippen LogP contribution in [0.1, 0.15) is 41.6 Å². The quantitative estimate of drug-likeness (QED) is 0.513. The fraction of sp³-hybridized carbons (Fsp3) is 0.333. The van der Waals surface area contributed by atoms with Gasteiger partial charge in [-0.3, -0.25) is 19.5 Å². The predicted octanol–water partition coefficient (Wildman–Crippen LogP) is 4.12. The van der Waals surface area contributed by atoms with Crippen molar-refractivity contribution < 1.29 is 14.3 Å². The van der Waals surface area contributed by atoms with Gasteiger partial charge in [-0.05, 0) is 43.4 Å². The van der Waals surface area contributed by atoms with Crippen molar-refractivity contribution >= 4 is 23.3 Å². The summed E-state index contributed by atoms with van der Waals surface area (Å²) < 4.78 is 6.17. The molecule has 0 radical (unpaired) electrons. The number of carbonyl (C=O) groups is 2. The third-order valence-corrected chi connectivity index (χ3v) is 6.28. The maximum absolute atomic E-state index is 12.8. The molecule has 0 bridgehead atoms. The predicted molar refractivity (Wildman–Crippen MR) is 133 cm³/mol. The molecule has 35 heavy (non-hydrogen) atoms. The molecule has 3 aromatic rings. The maximum atomic E-state index is 12.8. The van der Waals surface area contributed by atoms with Gasteiger partial charge in [-0.2, -0.15) is 0 Å². The van der Waals surface area contributed by atoms with E-state index in [0.29, 0.717) is 22.8 Å². The van der Waals surface area contributed by atoms with Crippen LogP contribution in [0.3, 0.4) is 0 Å². The zero-order valence-electron chi connectivity index (χ0n) is 19.5. The molecule has 0 atom stereocenters. The number of carbonyl (C=O) groups excluding carboxylic acids is 2. The van der Waals surface area contributed by atoms with Gasteiger partial charge in [-0.15, -0.1) is 0 Å². The number of amides is 2. The van der Waals surface area contributed by atoms with E-state index < -0.39 is 0 Å². The molecule has 2 fully saturated rings. The molecule has 2 aromatic heterocycles. The van der Waals surface area contributed by atoms with Gasteiger partial charge in [0.2, 0.25) is 5.91 Å². The molecule has 8 heteroatoms. The third kappa shape index (κ3) is 6.42. The summed E-state index contributed by atoms with van der Waals surface area (Å²) in [6.45, 7) is 2.91. The standard InChI is InChI=1S/C27H29N5O3/c33-26(20-6-7-20)31-25-14-21(8-11-29-25)27(34)30-22-15-24(17-28-16-22)35-23-9-12-32(13-10-23)18-19-4-2-1-3-5-19/h1-5,8,11,14-17,20,23H,6-7,9-10,12-13,18H2,(H,30,34)(H,29,31,33). The van der Waals surface area contributed by atoms with E-state index in [4.69, 9.17) is 4.74 Å². The van der Waals surface area contributed by atoms with E-state index in [-0.39, 0.29) is 23.8 Å². The number of nitrogens with one attached hydrogen (secondary N) is 2. The molecular formula is C27H29N5O3. The molecule has 2 aliphatic rings. The Hall–Kier alpha value is -3.78. The minimum atomic E-state index is -0.303. The molecule has 180 valence electrons. The smallest absolute Gasteiger partial charge is 0.255 e. The van der Waals surface area contributed by atoms with Crippen molar-refractivity contribution in [2.75, 3.05) is 23.7 Å². The number of anilines is 2. The van der Waals surface area contributed by atoms with Crippen molar-refractivity contribution in [2.24, 2.45) is 5.92 Å². The average molecular weight is 472 g/mol. The van der Waals surface area contributed by atoms with E-state index in [2.05, 4.69) is 49.8 Å². The number of hydrogen-bond acceptors (Lipinski definition) is 6. The number of rotatable bonds is 8. The fourth-order valence-electron chi connectivity index (χ4n) is 4.19. The van der Waals surface area contributed by atoms with Crippen molar-refractivity contribution in [3.05, 3.63) is 78.2 Å². The van der Waals surface area contributed by atoms with Crippen LogP contribution in [-0.4, -0.2) is 45.9 Å². The highest BCUT2D eigenvalue weighted by molar-refractivity contribution is 6.05. The average Bonchev–Trinajstić information content (AvgIpc) is 3.72. The molecule has 1 saturated heterocycles. The summed E-state index contributed by atoms with van der Waals surface area (Å²) in [6, 6.07) is 15.5. The lowest BCUT2D eigenvalue weighted by Gasteiger charge is -2.32. The minimum absolute atomic E-state index is 0.0463. The number of ether oxygens (including phenoxy) is 1. The van der Waals surface area contributed by atoms with Crippen LogP contribution in [-0.2, 0) is 11.3 Å². The van der Waals surface area contributed by atoms with Gasteiger partial charge in [-0.25, -0.2) is 4.98 Å². The summed E-state index contributed by atoms with van der Waals surface area (Å²) in [6.07, 6.45) is 8.58. The van der Waals surface area contributed by atoms with Gasteiger partial charge in [0, 0.05) is 43.4 Å². The molecule has 3 heterocycles. The Morgan fingerprint density at radius 3 is 2.54 bits per heavy atom. The van der Waals surface area contributed by atoms with E-state index in [9.17, 15) is 9.59 Å². The van der Waals surface area contributed by atoms with Gasteiger partial charge >= 0.3 is 0 Å². The lowest BCUT2D eigenvalue weighted by Crippen LogP contribution is -2.37. The summed E-state index contributed by atoms with van der Waals surface area (Å²) in [5, 5.41) is 5.62. The van der Waals surface area contributed by atoms with Crippen LogP contribution in [0.2, 0.25) is 0 Å². The molecule has 1 aliphatic carbocycles. The van der Waals surface area contributed by atoms with Crippen molar-refractivity contribution in [1.29, 1.82) is 0 Å². The molecule has 2 N–H and O–H groups in total. The van der Waals surface area contributed by atoms with Crippen molar-refractivity contribution in [2.45, 2.75) is 38.3 Å². The van der Waals surface area contributed by atoms with Gasteiger partial charge in [0.15, 0.2) is 0 Å². The molecule has 0 spiro atoms. The van der Waals surface area contributed by atoms with Gasteiger partial charge < -0.3 is 15.4 Å². The van der Waals surface area contributed by atoms with Crippen LogP contribution in [0.25, 0.3) is 0 Å². The summed E-state index contributed by atoms with van der Waals surface area (Å²) in [4.78, 5) is 35.5. The molecule has 2 amide bonds. The highest BCUT2D eigenvalue weighted by Crippen LogP contribution is 2.30. The van der Waals surface area contributed by atoms with Gasteiger partial charge in [0.1, 0.15) is 17.7 Å². The van der Waals surface area contributed by atoms with Crippen LogP contribution < -0.4 is 15.4 Å². The summed E-state index contributed by atoms with van der Waals surface area (Å²) >= 11 is 0. The zero-order chi connectivity index (χ0) is 24.0. The number of benzene rings is 1. The minimum Gasteiger partial charge on any atom is -0.489 e. The first-order valence-corrected chi connectivity index (χ1v) is 12.1. The zero-order valence-corrected chi connectivity index (χ0v) is 19.5. The number of piperidine rings is 1. The van der Waals surface area contributed by atoms with Crippen LogP contribution >= 0.6 is 0 Å². The molecule has 5 rings (SSSR count). The Morgan fingerprint density at radius 2 is 1.77 bits per heavy atom.